The number of methoxy groups -OCH3 is 1. The van der Waals surface area contributed by atoms with E-state index in [1.54, 1.807) is 13.4 Å². The minimum Gasteiger partial charge on any atom is -0.481 e. The highest BCUT2D eigenvalue weighted by Gasteiger charge is 2.39. The lowest BCUT2D eigenvalue weighted by atomic mass is 9.73. The summed E-state index contributed by atoms with van der Waals surface area (Å²) in [5, 5.41) is 0. The molecule has 1 unspecified atom stereocenters. The maximum atomic E-state index is 6.26. The molecular formula is C19H32N4O2. The Hall–Kier alpha value is -1.40. The molecule has 1 atom stereocenters. The molecule has 2 aliphatic rings. The van der Waals surface area contributed by atoms with Crippen molar-refractivity contribution in [3.63, 3.8) is 0 Å². The molecule has 0 aromatic carbocycles. The molecule has 0 saturated carbocycles. The van der Waals surface area contributed by atoms with Crippen LogP contribution in [0.3, 0.4) is 0 Å². The average molecular weight is 348 g/mol. The first kappa shape index (κ1) is 18.4. The lowest BCUT2D eigenvalue weighted by Gasteiger charge is -2.46. The predicted octanol–water partition coefficient (Wildman–Crippen LogP) is 2.59. The van der Waals surface area contributed by atoms with E-state index in [1.165, 1.54) is 25.7 Å². The molecule has 2 aliphatic heterocycles. The molecule has 0 aliphatic carbocycles. The van der Waals surface area contributed by atoms with Gasteiger partial charge in [-0.1, -0.05) is 0 Å². The summed E-state index contributed by atoms with van der Waals surface area (Å²) in [5.74, 6) is 1.60. The molecule has 3 heterocycles. The number of piperidine rings is 1. The molecule has 2 fully saturated rings. The highest BCUT2D eigenvalue weighted by Crippen LogP contribution is 2.41. The zero-order chi connectivity index (χ0) is 17.9. The molecule has 0 bridgehead atoms. The number of anilines is 1. The van der Waals surface area contributed by atoms with Crippen LogP contribution in [0.1, 0.15) is 39.5 Å². The molecule has 1 spiro atoms. The van der Waals surface area contributed by atoms with Gasteiger partial charge in [0.15, 0.2) is 0 Å². The van der Waals surface area contributed by atoms with Gasteiger partial charge in [-0.25, -0.2) is 9.97 Å². The fourth-order valence-corrected chi connectivity index (χ4v) is 3.81. The summed E-state index contributed by atoms with van der Waals surface area (Å²) in [6, 6.07) is 2.50. The van der Waals surface area contributed by atoms with Crippen LogP contribution >= 0.6 is 0 Å². The minimum absolute atomic E-state index is 0.362. The molecular weight excluding hydrogens is 316 g/mol. The lowest BCUT2D eigenvalue weighted by molar-refractivity contribution is -0.0821. The quantitative estimate of drug-likeness (QED) is 0.815. The first-order valence-electron chi connectivity index (χ1n) is 9.44. The standard InChI is InChI=1S/C19H32N4O2/c1-15(2)22(3)12-16-5-6-19(13-25-16)7-9-23(10-8-19)17-11-18(24-4)21-14-20-17/h11,14-16H,5-10,12-13H2,1-4H3. The monoisotopic (exact) mass is 348 g/mol. The van der Waals surface area contributed by atoms with Crippen LogP contribution in [0.4, 0.5) is 5.82 Å². The van der Waals surface area contributed by atoms with Gasteiger partial charge in [0.05, 0.1) is 19.8 Å². The van der Waals surface area contributed by atoms with Crippen molar-refractivity contribution in [3.05, 3.63) is 12.4 Å². The number of hydrogen-bond donors (Lipinski definition) is 0. The highest BCUT2D eigenvalue weighted by molar-refractivity contribution is 5.41. The maximum absolute atomic E-state index is 6.26. The second-order valence-electron chi connectivity index (χ2n) is 7.91. The van der Waals surface area contributed by atoms with Gasteiger partial charge in [0.25, 0.3) is 0 Å². The molecule has 6 heteroatoms. The molecule has 2 saturated heterocycles. The molecule has 25 heavy (non-hydrogen) atoms. The first-order valence-corrected chi connectivity index (χ1v) is 9.44. The second kappa shape index (κ2) is 7.87. The molecule has 1 aromatic rings. The summed E-state index contributed by atoms with van der Waals surface area (Å²) in [4.78, 5) is 13.2. The Kier molecular flexibility index (Phi) is 5.79. The summed E-state index contributed by atoms with van der Waals surface area (Å²) in [6.07, 6.45) is 6.78. The third-order valence-corrected chi connectivity index (χ3v) is 5.98. The van der Waals surface area contributed by atoms with E-state index in [1.807, 2.05) is 6.07 Å². The Morgan fingerprint density at radius 1 is 1.32 bits per heavy atom. The summed E-state index contributed by atoms with van der Waals surface area (Å²) in [6.45, 7) is 8.48. The second-order valence-corrected chi connectivity index (χ2v) is 7.91. The van der Waals surface area contributed by atoms with Crippen molar-refractivity contribution in [1.29, 1.82) is 0 Å². The van der Waals surface area contributed by atoms with E-state index < -0.39 is 0 Å². The van der Waals surface area contributed by atoms with E-state index in [4.69, 9.17) is 9.47 Å². The van der Waals surface area contributed by atoms with Gasteiger partial charge in [-0.3, -0.25) is 0 Å². The van der Waals surface area contributed by atoms with Crippen LogP contribution in [-0.2, 0) is 4.74 Å². The maximum Gasteiger partial charge on any atom is 0.218 e. The van der Waals surface area contributed by atoms with Crippen LogP contribution in [0, 0.1) is 5.41 Å². The number of rotatable bonds is 5. The van der Waals surface area contributed by atoms with Gasteiger partial charge < -0.3 is 19.3 Å². The zero-order valence-corrected chi connectivity index (χ0v) is 16.1. The van der Waals surface area contributed by atoms with Crippen molar-refractivity contribution < 1.29 is 9.47 Å². The SMILES string of the molecule is COc1cc(N2CCC3(CCC(CN(C)C(C)C)OC3)CC2)ncn1. The Balaban J connectivity index is 1.51. The molecule has 140 valence electrons. The fourth-order valence-electron chi connectivity index (χ4n) is 3.81. The Labute approximate surface area is 151 Å². The topological polar surface area (TPSA) is 50.7 Å². The lowest BCUT2D eigenvalue weighted by Crippen LogP contribution is -2.48. The molecule has 1 aromatic heterocycles. The number of nitrogens with zero attached hydrogens (tertiary/aromatic N) is 4. The third kappa shape index (κ3) is 4.42. The van der Waals surface area contributed by atoms with Gasteiger partial charge in [-0.15, -0.1) is 0 Å². The van der Waals surface area contributed by atoms with E-state index in [0.29, 0.717) is 23.4 Å². The molecule has 0 amide bonds. The van der Waals surface area contributed by atoms with E-state index in [9.17, 15) is 0 Å². The minimum atomic E-state index is 0.362. The molecule has 6 nitrogen and oxygen atoms in total. The van der Waals surface area contributed by atoms with Gasteiger partial charge in [0, 0.05) is 31.7 Å². The van der Waals surface area contributed by atoms with Crippen LogP contribution in [0.2, 0.25) is 0 Å². The van der Waals surface area contributed by atoms with Gasteiger partial charge in [0.2, 0.25) is 5.88 Å². The van der Waals surface area contributed by atoms with Crippen molar-refractivity contribution >= 4 is 5.82 Å². The summed E-state index contributed by atoms with van der Waals surface area (Å²) >= 11 is 0. The van der Waals surface area contributed by atoms with Crippen LogP contribution in [0.15, 0.2) is 12.4 Å². The third-order valence-electron chi connectivity index (χ3n) is 5.98. The molecule has 0 radical (unpaired) electrons. The summed E-state index contributed by atoms with van der Waals surface area (Å²) < 4.78 is 11.5. The van der Waals surface area contributed by atoms with E-state index >= 15 is 0 Å². The largest absolute Gasteiger partial charge is 0.481 e. The van der Waals surface area contributed by atoms with Gasteiger partial charge in [-0.2, -0.15) is 0 Å². The van der Waals surface area contributed by atoms with E-state index in [-0.39, 0.29) is 0 Å². The number of aromatic nitrogens is 2. The van der Waals surface area contributed by atoms with Crippen LogP contribution in [0.5, 0.6) is 5.88 Å². The van der Waals surface area contributed by atoms with Gasteiger partial charge in [0.1, 0.15) is 12.1 Å². The van der Waals surface area contributed by atoms with E-state index in [2.05, 4.69) is 40.7 Å². The van der Waals surface area contributed by atoms with Crippen LogP contribution in [0.25, 0.3) is 0 Å². The zero-order valence-electron chi connectivity index (χ0n) is 16.1. The van der Waals surface area contributed by atoms with Crippen molar-refractivity contribution in [3.8, 4) is 5.88 Å². The van der Waals surface area contributed by atoms with Crippen molar-refractivity contribution in [2.24, 2.45) is 5.41 Å². The average Bonchev–Trinajstić information content (AvgIpc) is 2.64. The van der Waals surface area contributed by atoms with Crippen molar-refractivity contribution in [2.75, 3.05) is 45.3 Å². The predicted molar refractivity (Wildman–Crippen MR) is 99.2 cm³/mol. The Morgan fingerprint density at radius 2 is 2.08 bits per heavy atom. The molecule has 3 rings (SSSR count). The number of hydrogen-bond acceptors (Lipinski definition) is 6. The Morgan fingerprint density at radius 3 is 2.68 bits per heavy atom. The van der Waals surface area contributed by atoms with Crippen LogP contribution in [-0.4, -0.2) is 67.4 Å². The highest BCUT2D eigenvalue weighted by atomic mass is 16.5. The number of ether oxygens (including phenoxy) is 2. The van der Waals surface area contributed by atoms with E-state index in [0.717, 1.165) is 32.1 Å². The van der Waals surface area contributed by atoms with Crippen LogP contribution < -0.4 is 9.64 Å². The first-order chi connectivity index (χ1) is 12.0. The fraction of sp³-hybridized carbons (Fsp3) is 0.789. The summed E-state index contributed by atoms with van der Waals surface area (Å²) in [5.41, 5.74) is 0.362. The van der Waals surface area contributed by atoms with Crippen molar-refractivity contribution in [1.82, 2.24) is 14.9 Å². The molecule has 0 N–H and O–H groups in total. The Bertz CT molecular complexity index is 548. The van der Waals surface area contributed by atoms with Gasteiger partial charge in [-0.05, 0) is 52.0 Å². The normalized spacial score (nSPS) is 23.4. The summed E-state index contributed by atoms with van der Waals surface area (Å²) in [7, 11) is 3.83. The smallest absolute Gasteiger partial charge is 0.218 e. The number of likely N-dealkylation sites (N-methyl/N-ethyl adjacent to an activating group) is 1. The van der Waals surface area contributed by atoms with Gasteiger partial charge >= 0.3 is 0 Å². The van der Waals surface area contributed by atoms with Crippen molar-refractivity contribution in [2.45, 2.75) is 51.7 Å².